The van der Waals surface area contributed by atoms with Gasteiger partial charge in [-0.05, 0) is 41.7 Å². The van der Waals surface area contributed by atoms with Gasteiger partial charge in [0.1, 0.15) is 11.5 Å². The summed E-state index contributed by atoms with van der Waals surface area (Å²) < 4.78 is 6.09. The number of aryl methyl sites for hydroxylation is 1. The molecule has 0 aliphatic rings. The summed E-state index contributed by atoms with van der Waals surface area (Å²) in [4.78, 5) is 0. The second-order valence-electron chi connectivity index (χ2n) is 5.10. The molecular weight excluding hydrogens is 234 g/mol. The van der Waals surface area contributed by atoms with Crippen molar-refractivity contribution in [1.29, 1.82) is 0 Å². The number of ether oxygens (including phenoxy) is 1. The van der Waals surface area contributed by atoms with Gasteiger partial charge in [0.25, 0.3) is 0 Å². The first-order valence-electron chi connectivity index (χ1n) is 6.68. The second-order valence-corrected chi connectivity index (χ2v) is 5.10. The molecule has 2 rings (SSSR count). The van der Waals surface area contributed by atoms with E-state index in [0.717, 1.165) is 22.6 Å². The predicted molar refractivity (Wildman–Crippen MR) is 79.7 cm³/mol. The summed E-state index contributed by atoms with van der Waals surface area (Å²) in [7, 11) is 0. The number of para-hydroxylation sites is 1. The Kier molecular flexibility index (Phi) is 4.23. The highest BCUT2D eigenvalue weighted by Crippen LogP contribution is 2.32. The monoisotopic (exact) mass is 255 g/mol. The molecule has 2 aromatic rings. The van der Waals surface area contributed by atoms with Gasteiger partial charge in [0.2, 0.25) is 0 Å². The van der Waals surface area contributed by atoms with Crippen LogP contribution in [0.2, 0.25) is 0 Å². The Morgan fingerprint density at radius 1 is 1.05 bits per heavy atom. The van der Waals surface area contributed by atoms with E-state index in [1.165, 1.54) is 5.56 Å². The maximum atomic E-state index is 6.09. The molecular formula is C17H21NO. The summed E-state index contributed by atoms with van der Waals surface area (Å²) in [5, 5.41) is 0. The van der Waals surface area contributed by atoms with Gasteiger partial charge < -0.3 is 10.5 Å². The lowest BCUT2D eigenvalue weighted by Crippen LogP contribution is -1.99. The van der Waals surface area contributed by atoms with Crippen molar-refractivity contribution in [1.82, 2.24) is 0 Å². The minimum Gasteiger partial charge on any atom is -0.457 e. The van der Waals surface area contributed by atoms with E-state index in [4.69, 9.17) is 10.5 Å². The van der Waals surface area contributed by atoms with E-state index in [1.807, 2.05) is 37.3 Å². The van der Waals surface area contributed by atoms with E-state index in [2.05, 4.69) is 26.0 Å². The topological polar surface area (TPSA) is 35.2 Å². The van der Waals surface area contributed by atoms with Crippen molar-refractivity contribution in [2.24, 2.45) is 5.73 Å². The van der Waals surface area contributed by atoms with Crippen molar-refractivity contribution in [2.45, 2.75) is 33.2 Å². The molecule has 0 aliphatic heterocycles. The van der Waals surface area contributed by atoms with Crippen LogP contribution in [0, 0.1) is 6.92 Å². The molecule has 0 saturated heterocycles. The van der Waals surface area contributed by atoms with Gasteiger partial charge in [0.05, 0.1) is 0 Å². The number of hydrogen-bond acceptors (Lipinski definition) is 2. The summed E-state index contributed by atoms with van der Waals surface area (Å²) in [6, 6.07) is 14.3. The second kappa shape index (κ2) is 5.89. The molecule has 2 heteroatoms. The third kappa shape index (κ3) is 3.15. The van der Waals surface area contributed by atoms with Crippen LogP contribution in [-0.4, -0.2) is 0 Å². The van der Waals surface area contributed by atoms with Gasteiger partial charge in [-0.3, -0.25) is 0 Å². The van der Waals surface area contributed by atoms with Crippen LogP contribution in [0.15, 0.2) is 42.5 Å². The van der Waals surface area contributed by atoms with E-state index >= 15 is 0 Å². The minimum atomic E-state index is 0.439. The van der Waals surface area contributed by atoms with Crippen LogP contribution in [0.5, 0.6) is 11.5 Å². The zero-order chi connectivity index (χ0) is 13.8. The highest BCUT2D eigenvalue weighted by Gasteiger charge is 2.09. The molecule has 0 fully saturated rings. The Morgan fingerprint density at radius 3 is 2.47 bits per heavy atom. The Hall–Kier alpha value is -1.80. The summed E-state index contributed by atoms with van der Waals surface area (Å²) in [6.45, 7) is 6.92. The average Bonchev–Trinajstić information content (AvgIpc) is 2.41. The fourth-order valence-electron chi connectivity index (χ4n) is 2.05. The van der Waals surface area contributed by atoms with Gasteiger partial charge in [-0.15, -0.1) is 0 Å². The third-order valence-corrected chi connectivity index (χ3v) is 3.25. The maximum absolute atomic E-state index is 6.09. The van der Waals surface area contributed by atoms with Gasteiger partial charge in [0, 0.05) is 6.54 Å². The van der Waals surface area contributed by atoms with Crippen LogP contribution in [0.25, 0.3) is 0 Å². The molecule has 100 valence electrons. The normalized spacial score (nSPS) is 10.8. The first kappa shape index (κ1) is 13.6. The van der Waals surface area contributed by atoms with Crippen molar-refractivity contribution >= 4 is 0 Å². The molecule has 0 atom stereocenters. The molecule has 0 bridgehead atoms. The Labute approximate surface area is 115 Å². The van der Waals surface area contributed by atoms with Crippen molar-refractivity contribution in [3.05, 3.63) is 59.2 Å². The number of benzene rings is 2. The molecule has 2 nitrogen and oxygen atoms in total. The molecule has 0 heterocycles. The van der Waals surface area contributed by atoms with Crippen LogP contribution in [0.1, 0.15) is 36.5 Å². The summed E-state index contributed by atoms with van der Waals surface area (Å²) in [5.74, 6) is 2.25. The molecule has 0 amide bonds. The van der Waals surface area contributed by atoms with E-state index in [0.29, 0.717) is 12.5 Å². The van der Waals surface area contributed by atoms with Gasteiger partial charge in [0.15, 0.2) is 0 Å². The van der Waals surface area contributed by atoms with Gasteiger partial charge in [-0.1, -0.05) is 44.2 Å². The molecule has 2 N–H and O–H groups in total. The van der Waals surface area contributed by atoms with Crippen molar-refractivity contribution in [2.75, 3.05) is 0 Å². The van der Waals surface area contributed by atoms with Crippen molar-refractivity contribution in [3.63, 3.8) is 0 Å². The first-order valence-corrected chi connectivity index (χ1v) is 6.68. The highest BCUT2D eigenvalue weighted by molar-refractivity contribution is 5.43. The molecule has 0 spiro atoms. The Bertz CT molecular complexity index is 561. The van der Waals surface area contributed by atoms with Crippen LogP contribution in [0.4, 0.5) is 0 Å². The lowest BCUT2D eigenvalue weighted by Gasteiger charge is -2.15. The quantitative estimate of drug-likeness (QED) is 0.880. The zero-order valence-corrected chi connectivity index (χ0v) is 11.8. The number of hydrogen-bond donors (Lipinski definition) is 1. The highest BCUT2D eigenvalue weighted by atomic mass is 16.5. The lowest BCUT2D eigenvalue weighted by atomic mass is 10.0. The van der Waals surface area contributed by atoms with Crippen LogP contribution >= 0.6 is 0 Å². The Morgan fingerprint density at radius 2 is 1.79 bits per heavy atom. The standard InChI is InChI=1S/C17H21NO/c1-12(2)15-6-4-5-7-16(15)19-17-10-14(11-18)9-8-13(17)3/h4-10,12H,11,18H2,1-3H3. The van der Waals surface area contributed by atoms with Gasteiger partial charge in [-0.25, -0.2) is 0 Å². The Balaban J connectivity index is 2.36. The molecule has 0 radical (unpaired) electrons. The largest absolute Gasteiger partial charge is 0.457 e. The maximum Gasteiger partial charge on any atom is 0.130 e. The lowest BCUT2D eigenvalue weighted by molar-refractivity contribution is 0.469. The summed E-state index contributed by atoms with van der Waals surface area (Å²) >= 11 is 0. The molecule has 19 heavy (non-hydrogen) atoms. The van der Waals surface area contributed by atoms with Crippen molar-refractivity contribution in [3.8, 4) is 11.5 Å². The predicted octanol–water partition coefficient (Wildman–Crippen LogP) is 4.37. The molecule has 2 aromatic carbocycles. The van der Waals surface area contributed by atoms with E-state index < -0.39 is 0 Å². The van der Waals surface area contributed by atoms with Crippen LogP contribution in [-0.2, 0) is 6.54 Å². The zero-order valence-electron chi connectivity index (χ0n) is 11.8. The fraction of sp³-hybridized carbons (Fsp3) is 0.294. The first-order chi connectivity index (χ1) is 9.11. The number of nitrogens with two attached hydrogens (primary N) is 1. The smallest absolute Gasteiger partial charge is 0.130 e. The molecule has 0 unspecified atom stereocenters. The number of rotatable bonds is 4. The van der Waals surface area contributed by atoms with Crippen LogP contribution in [0.3, 0.4) is 0 Å². The van der Waals surface area contributed by atoms with Gasteiger partial charge in [-0.2, -0.15) is 0 Å². The average molecular weight is 255 g/mol. The van der Waals surface area contributed by atoms with Gasteiger partial charge >= 0.3 is 0 Å². The summed E-state index contributed by atoms with van der Waals surface area (Å²) in [6.07, 6.45) is 0. The summed E-state index contributed by atoms with van der Waals surface area (Å²) in [5.41, 5.74) is 9.11. The molecule has 0 saturated carbocycles. The molecule has 0 aliphatic carbocycles. The van der Waals surface area contributed by atoms with Crippen LogP contribution < -0.4 is 10.5 Å². The van der Waals surface area contributed by atoms with E-state index in [1.54, 1.807) is 0 Å². The van der Waals surface area contributed by atoms with E-state index in [-0.39, 0.29) is 0 Å². The molecule has 0 aromatic heterocycles. The fourth-order valence-corrected chi connectivity index (χ4v) is 2.05. The minimum absolute atomic E-state index is 0.439. The SMILES string of the molecule is Cc1ccc(CN)cc1Oc1ccccc1C(C)C. The van der Waals surface area contributed by atoms with E-state index in [9.17, 15) is 0 Å². The van der Waals surface area contributed by atoms with Crippen molar-refractivity contribution < 1.29 is 4.74 Å². The third-order valence-electron chi connectivity index (χ3n) is 3.25.